The molecule has 29 heavy (non-hydrogen) atoms. The molecule has 3 nitrogen and oxygen atoms in total. The average molecular weight is 405 g/mol. The third kappa shape index (κ3) is 4.30. The molecule has 0 aromatic heterocycles. The monoisotopic (exact) mass is 404 g/mol. The molecule has 3 fully saturated rings. The Morgan fingerprint density at radius 3 is 2.45 bits per heavy atom. The maximum absolute atomic E-state index is 12.9. The number of fused-ring (bicyclic) bond motifs is 3. The molecule has 3 aliphatic rings. The first-order chi connectivity index (χ1) is 13.6. The topological polar surface area (TPSA) is 54.4 Å². The zero-order chi connectivity index (χ0) is 21.4. The van der Waals surface area contributed by atoms with E-state index in [1.54, 1.807) is 0 Å². The molecule has 3 aliphatic carbocycles. The van der Waals surface area contributed by atoms with Crippen molar-refractivity contribution in [1.82, 2.24) is 0 Å². The molecule has 3 rings (SSSR count). The van der Waals surface area contributed by atoms with E-state index in [4.69, 9.17) is 0 Å². The van der Waals surface area contributed by atoms with Crippen molar-refractivity contribution < 1.29 is 14.7 Å². The van der Waals surface area contributed by atoms with Crippen LogP contribution in [0, 0.1) is 46.3 Å². The van der Waals surface area contributed by atoms with E-state index in [1.807, 2.05) is 0 Å². The number of aliphatic carboxylic acids is 1. The summed E-state index contributed by atoms with van der Waals surface area (Å²) in [6.45, 7) is 11.8. The molecule has 0 saturated heterocycles. The molecule has 0 aliphatic heterocycles. The fourth-order valence-electron chi connectivity index (χ4n) is 7.99. The van der Waals surface area contributed by atoms with Gasteiger partial charge in [0.25, 0.3) is 0 Å². The number of Topliss-reactive ketones (excluding diaryl/α,β-unsaturated/α-hetero) is 1. The van der Waals surface area contributed by atoms with Crippen LogP contribution < -0.4 is 0 Å². The van der Waals surface area contributed by atoms with Gasteiger partial charge < -0.3 is 5.11 Å². The van der Waals surface area contributed by atoms with Crippen LogP contribution in [0.1, 0.15) is 105 Å². The lowest BCUT2D eigenvalue weighted by Crippen LogP contribution is -2.52. The fourth-order valence-corrected chi connectivity index (χ4v) is 7.99. The van der Waals surface area contributed by atoms with E-state index in [0.717, 1.165) is 36.5 Å². The molecule has 166 valence electrons. The van der Waals surface area contributed by atoms with Crippen LogP contribution in [0.3, 0.4) is 0 Å². The molecule has 3 heteroatoms. The second kappa shape index (κ2) is 8.71. The minimum Gasteiger partial charge on any atom is -0.481 e. The zero-order valence-corrected chi connectivity index (χ0v) is 19.5. The lowest BCUT2D eigenvalue weighted by Gasteiger charge is -2.56. The Labute approximate surface area is 178 Å². The van der Waals surface area contributed by atoms with Crippen molar-refractivity contribution in [2.45, 2.75) is 105 Å². The Hall–Kier alpha value is -0.860. The van der Waals surface area contributed by atoms with Crippen molar-refractivity contribution in [3.63, 3.8) is 0 Å². The van der Waals surface area contributed by atoms with Crippen LogP contribution >= 0.6 is 0 Å². The molecule has 0 aromatic rings. The Morgan fingerprint density at radius 2 is 1.79 bits per heavy atom. The van der Waals surface area contributed by atoms with Gasteiger partial charge in [-0.3, -0.25) is 9.59 Å². The van der Waals surface area contributed by atoms with Gasteiger partial charge in [-0.2, -0.15) is 0 Å². The first-order valence-electron chi connectivity index (χ1n) is 12.3. The number of carboxylic acids is 1. The third-order valence-electron chi connectivity index (χ3n) is 9.66. The lowest BCUT2D eigenvalue weighted by molar-refractivity contribution is -0.148. The highest BCUT2D eigenvalue weighted by Gasteiger charge is 2.59. The predicted octanol–water partition coefficient (Wildman–Crippen LogP) is 6.74. The van der Waals surface area contributed by atoms with Gasteiger partial charge >= 0.3 is 5.97 Å². The van der Waals surface area contributed by atoms with E-state index in [9.17, 15) is 14.7 Å². The third-order valence-corrected chi connectivity index (χ3v) is 9.66. The summed E-state index contributed by atoms with van der Waals surface area (Å²) < 4.78 is 0. The molecule has 1 N–H and O–H groups in total. The van der Waals surface area contributed by atoms with E-state index < -0.39 is 11.4 Å². The van der Waals surface area contributed by atoms with E-state index in [2.05, 4.69) is 34.6 Å². The maximum atomic E-state index is 12.9. The van der Waals surface area contributed by atoms with E-state index in [-0.39, 0.29) is 6.42 Å². The standard InChI is InChI=1S/C26H44O3/c1-17(2)7-6-8-18(3)20-10-11-21-19-9-12-23(27)26(5,16-14-24(28)29)22(19)13-15-25(20,21)4/h17-22H,6-16H2,1-5H3,(H,28,29)/t18-,19-,20-,21+,22+,25+,26+/m0/s1. The van der Waals surface area contributed by atoms with Gasteiger partial charge in [-0.25, -0.2) is 0 Å². The number of ketones is 1. The summed E-state index contributed by atoms with van der Waals surface area (Å²) in [7, 11) is 0. The molecule has 0 spiro atoms. The second-order valence-corrected chi connectivity index (χ2v) is 11.7. The number of carboxylic acid groups (broad SMARTS) is 1. The number of carbonyl (C=O) groups excluding carboxylic acids is 1. The van der Waals surface area contributed by atoms with E-state index in [0.29, 0.717) is 35.9 Å². The normalized spacial score (nSPS) is 40.6. The lowest BCUT2D eigenvalue weighted by atomic mass is 9.48. The van der Waals surface area contributed by atoms with Gasteiger partial charge in [0.2, 0.25) is 0 Å². The van der Waals surface area contributed by atoms with Crippen LogP contribution in [-0.4, -0.2) is 16.9 Å². The van der Waals surface area contributed by atoms with Crippen LogP contribution in [0.5, 0.6) is 0 Å². The van der Waals surface area contributed by atoms with Crippen LogP contribution in [0.25, 0.3) is 0 Å². The number of carbonyl (C=O) groups is 2. The van der Waals surface area contributed by atoms with Crippen molar-refractivity contribution in [3.05, 3.63) is 0 Å². The molecule has 0 amide bonds. The summed E-state index contributed by atoms with van der Waals surface area (Å²) in [5.74, 6) is 3.74. The van der Waals surface area contributed by atoms with Crippen molar-refractivity contribution in [1.29, 1.82) is 0 Å². The van der Waals surface area contributed by atoms with Gasteiger partial charge in [0.1, 0.15) is 5.78 Å². The van der Waals surface area contributed by atoms with Crippen molar-refractivity contribution >= 4 is 11.8 Å². The summed E-state index contributed by atoms with van der Waals surface area (Å²) in [4.78, 5) is 24.1. The minimum atomic E-state index is -0.766. The molecule has 7 atom stereocenters. The van der Waals surface area contributed by atoms with E-state index >= 15 is 0 Å². The van der Waals surface area contributed by atoms with Gasteiger partial charge in [-0.15, -0.1) is 0 Å². The Bertz CT molecular complexity index is 611. The number of rotatable bonds is 8. The van der Waals surface area contributed by atoms with E-state index in [1.165, 1.54) is 38.5 Å². The van der Waals surface area contributed by atoms with Gasteiger partial charge in [0.05, 0.1) is 0 Å². The van der Waals surface area contributed by atoms with Gasteiger partial charge in [0.15, 0.2) is 0 Å². The van der Waals surface area contributed by atoms with Crippen molar-refractivity contribution in [3.8, 4) is 0 Å². The largest absolute Gasteiger partial charge is 0.481 e. The highest BCUT2D eigenvalue weighted by Crippen LogP contribution is 2.65. The summed E-state index contributed by atoms with van der Waals surface area (Å²) in [6, 6.07) is 0. The molecule has 0 bridgehead atoms. The van der Waals surface area contributed by atoms with Crippen molar-refractivity contribution in [2.24, 2.45) is 46.3 Å². The van der Waals surface area contributed by atoms with Gasteiger partial charge in [-0.05, 0) is 79.4 Å². The van der Waals surface area contributed by atoms with Crippen molar-refractivity contribution in [2.75, 3.05) is 0 Å². The molecule has 0 aromatic carbocycles. The Morgan fingerprint density at radius 1 is 1.07 bits per heavy atom. The maximum Gasteiger partial charge on any atom is 0.303 e. The zero-order valence-electron chi connectivity index (χ0n) is 19.5. The summed E-state index contributed by atoms with van der Waals surface area (Å²) in [5, 5.41) is 9.22. The molecule has 0 unspecified atom stereocenters. The highest BCUT2D eigenvalue weighted by atomic mass is 16.4. The van der Waals surface area contributed by atoms with Gasteiger partial charge in [0, 0.05) is 18.3 Å². The summed E-state index contributed by atoms with van der Waals surface area (Å²) >= 11 is 0. The molecular formula is C26H44O3. The van der Waals surface area contributed by atoms with Gasteiger partial charge in [-0.1, -0.05) is 53.9 Å². The first kappa shape index (κ1) is 22.8. The second-order valence-electron chi connectivity index (χ2n) is 11.7. The Kier molecular flexibility index (Phi) is 6.85. The SMILES string of the molecule is CC(C)CCC[C@H](C)[C@@H]1CC[C@@H]2[C@@H]3CCC(=O)[C@](C)(CCC(=O)O)[C@@H]3CC[C@@]21C. The predicted molar refractivity (Wildman–Crippen MR) is 118 cm³/mol. The quantitative estimate of drug-likeness (QED) is 0.487. The molecule has 0 heterocycles. The average Bonchev–Trinajstić information content (AvgIpc) is 3.00. The summed E-state index contributed by atoms with van der Waals surface area (Å²) in [6.07, 6.45) is 11.4. The van der Waals surface area contributed by atoms with Crippen LogP contribution in [-0.2, 0) is 9.59 Å². The number of hydrogen-bond donors (Lipinski definition) is 1. The van der Waals surface area contributed by atoms with Crippen LogP contribution in [0.2, 0.25) is 0 Å². The summed E-state index contributed by atoms with van der Waals surface area (Å²) in [5.41, 5.74) is 0.0100. The van der Waals surface area contributed by atoms with Crippen LogP contribution in [0.15, 0.2) is 0 Å². The Balaban J connectivity index is 1.73. The fraction of sp³-hybridized carbons (Fsp3) is 0.923. The molecule has 3 saturated carbocycles. The smallest absolute Gasteiger partial charge is 0.303 e. The first-order valence-corrected chi connectivity index (χ1v) is 12.3. The number of hydrogen-bond acceptors (Lipinski definition) is 2. The highest BCUT2D eigenvalue weighted by molar-refractivity contribution is 5.86. The molecule has 0 radical (unpaired) electrons. The minimum absolute atomic E-state index is 0.128. The molecular weight excluding hydrogens is 360 g/mol. The van der Waals surface area contributed by atoms with Crippen LogP contribution in [0.4, 0.5) is 0 Å².